The highest BCUT2D eigenvalue weighted by molar-refractivity contribution is 6.25. The number of Topliss-reactive ketones (excluding diaryl/α,β-unsaturated/α-hetero) is 1. The minimum absolute atomic E-state index is 0.105. The van der Waals surface area contributed by atoms with E-state index in [1.54, 1.807) is 19.1 Å². The summed E-state index contributed by atoms with van der Waals surface area (Å²) in [6.07, 6.45) is 4.93. The third kappa shape index (κ3) is 4.07. The number of ketones is 2. The summed E-state index contributed by atoms with van der Waals surface area (Å²) < 4.78 is 5.52. The Labute approximate surface area is 232 Å². The molecule has 0 aromatic heterocycles. The number of nitrogens with zero attached hydrogens (tertiary/aromatic N) is 1. The lowest BCUT2D eigenvalue weighted by Gasteiger charge is -2.42. The van der Waals surface area contributed by atoms with Gasteiger partial charge in [-0.3, -0.25) is 24.1 Å². The number of benzene rings is 2. The molecule has 204 valence electrons. The highest BCUT2D eigenvalue weighted by Gasteiger charge is 2.56. The molecule has 6 rings (SSSR count). The molecule has 4 atom stereocenters. The first-order valence-corrected chi connectivity index (χ1v) is 13.8. The van der Waals surface area contributed by atoms with Crippen molar-refractivity contribution < 1.29 is 29.0 Å². The van der Waals surface area contributed by atoms with Gasteiger partial charge in [-0.2, -0.15) is 0 Å². The van der Waals surface area contributed by atoms with Crippen molar-refractivity contribution in [3.8, 4) is 5.75 Å². The van der Waals surface area contributed by atoms with Crippen molar-refractivity contribution in [2.24, 2.45) is 17.8 Å². The van der Waals surface area contributed by atoms with E-state index < -0.39 is 17.8 Å². The predicted molar refractivity (Wildman–Crippen MR) is 149 cm³/mol. The van der Waals surface area contributed by atoms with E-state index in [4.69, 9.17) is 9.84 Å². The fourth-order valence-corrected chi connectivity index (χ4v) is 6.80. The number of aliphatic hydroxyl groups is 1. The van der Waals surface area contributed by atoms with E-state index in [-0.39, 0.29) is 48.9 Å². The molecule has 2 amide bonds. The van der Waals surface area contributed by atoms with Crippen molar-refractivity contribution >= 4 is 29.1 Å². The molecule has 1 saturated heterocycles. The molecule has 1 heterocycles. The number of rotatable bonds is 6. The average molecular weight is 538 g/mol. The number of ether oxygens (including phenoxy) is 1. The summed E-state index contributed by atoms with van der Waals surface area (Å²) in [6, 6.07) is 14.8. The summed E-state index contributed by atoms with van der Waals surface area (Å²) in [7, 11) is 0. The topological polar surface area (TPSA) is 101 Å². The van der Waals surface area contributed by atoms with Crippen LogP contribution in [-0.4, -0.2) is 41.7 Å². The molecular formula is C33H31NO6. The zero-order valence-electron chi connectivity index (χ0n) is 22.6. The SMILES string of the molecule is CCc1ccc(N2C(=O)C3CC=C4C(c5ccc(OCCO)cc5)C5=C(CC4C3C2=O)C(=O)C=C(C)C5=O)cc1. The molecule has 3 aliphatic carbocycles. The van der Waals surface area contributed by atoms with E-state index in [0.29, 0.717) is 34.6 Å². The monoisotopic (exact) mass is 537 g/mol. The highest BCUT2D eigenvalue weighted by atomic mass is 16.5. The van der Waals surface area contributed by atoms with Gasteiger partial charge in [0.05, 0.1) is 24.1 Å². The highest BCUT2D eigenvalue weighted by Crippen LogP contribution is 2.55. The Morgan fingerprint density at radius 3 is 2.35 bits per heavy atom. The van der Waals surface area contributed by atoms with Crippen LogP contribution < -0.4 is 9.64 Å². The van der Waals surface area contributed by atoms with Gasteiger partial charge in [-0.05, 0) is 73.6 Å². The first kappa shape index (κ1) is 26.1. The first-order valence-electron chi connectivity index (χ1n) is 13.8. The molecule has 40 heavy (non-hydrogen) atoms. The largest absolute Gasteiger partial charge is 0.491 e. The van der Waals surface area contributed by atoms with Gasteiger partial charge >= 0.3 is 0 Å². The minimum Gasteiger partial charge on any atom is -0.491 e. The van der Waals surface area contributed by atoms with E-state index in [9.17, 15) is 19.2 Å². The third-order valence-corrected chi connectivity index (χ3v) is 8.74. The van der Waals surface area contributed by atoms with Gasteiger partial charge in [0.1, 0.15) is 12.4 Å². The zero-order valence-corrected chi connectivity index (χ0v) is 22.6. The summed E-state index contributed by atoms with van der Waals surface area (Å²) in [5, 5.41) is 9.09. The van der Waals surface area contributed by atoms with E-state index in [0.717, 1.165) is 23.1 Å². The summed E-state index contributed by atoms with van der Waals surface area (Å²) in [6.45, 7) is 3.77. The van der Waals surface area contributed by atoms with Gasteiger partial charge in [-0.1, -0.05) is 42.8 Å². The van der Waals surface area contributed by atoms with Crippen LogP contribution in [0.25, 0.3) is 0 Å². The van der Waals surface area contributed by atoms with Crippen LogP contribution in [0.1, 0.15) is 43.7 Å². The molecule has 4 unspecified atom stereocenters. The lowest BCUT2D eigenvalue weighted by atomic mass is 9.59. The first-order chi connectivity index (χ1) is 19.3. The molecule has 0 saturated carbocycles. The lowest BCUT2D eigenvalue weighted by molar-refractivity contribution is -0.123. The minimum atomic E-state index is -0.600. The molecule has 2 aromatic rings. The van der Waals surface area contributed by atoms with Crippen molar-refractivity contribution in [1.29, 1.82) is 0 Å². The van der Waals surface area contributed by atoms with Gasteiger partial charge in [0.2, 0.25) is 11.8 Å². The van der Waals surface area contributed by atoms with E-state index >= 15 is 0 Å². The number of hydrogen-bond acceptors (Lipinski definition) is 6. The van der Waals surface area contributed by atoms with Crippen molar-refractivity contribution in [3.63, 3.8) is 0 Å². The van der Waals surface area contributed by atoms with Crippen LogP contribution >= 0.6 is 0 Å². The second-order valence-electron chi connectivity index (χ2n) is 10.9. The van der Waals surface area contributed by atoms with Gasteiger partial charge in [-0.25, -0.2) is 0 Å². The second kappa shape index (κ2) is 10.1. The second-order valence-corrected chi connectivity index (χ2v) is 10.9. The summed E-state index contributed by atoms with van der Waals surface area (Å²) >= 11 is 0. The molecule has 4 aliphatic rings. The number of hydrogen-bond donors (Lipinski definition) is 1. The van der Waals surface area contributed by atoms with Gasteiger partial charge in [0.25, 0.3) is 0 Å². The number of allylic oxidation sites excluding steroid dienone is 6. The predicted octanol–water partition coefficient (Wildman–Crippen LogP) is 4.25. The standard InChI is InChI=1S/C33H31NO6/c1-3-19-4-8-21(9-5-19)34-32(38)24-13-12-23-25(29(24)33(34)39)17-26-27(36)16-18(2)31(37)30(26)28(23)20-6-10-22(11-7-20)40-15-14-35/h4-12,16,24-25,28-29,35H,3,13-15,17H2,1-2H3. The number of carbonyl (C=O) groups is 4. The summed E-state index contributed by atoms with van der Waals surface area (Å²) in [5.41, 5.74) is 4.74. The number of aliphatic hydroxyl groups excluding tert-OH is 1. The molecule has 1 N–H and O–H groups in total. The zero-order chi connectivity index (χ0) is 28.1. The maximum absolute atomic E-state index is 14.0. The third-order valence-electron chi connectivity index (χ3n) is 8.74. The van der Waals surface area contributed by atoms with Gasteiger partial charge in [-0.15, -0.1) is 0 Å². The number of fused-ring (bicyclic) bond motifs is 3. The normalized spacial score (nSPS) is 25.8. The Kier molecular flexibility index (Phi) is 6.62. The van der Waals surface area contributed by atoms with Crippen LogP contribution in [0.2, 0.25) is 0 Å². The Balaban J connectivity index is 1.42. The fourth-order valence-electron chi connectivity index (χ4n) is 6.80. The molecule has 2 aromatic carbocycles. The summed E-state index contributed by atoms with van der Waals surface area (Å²) in [4.78, 5) is 55.7. The lowest BCUT2D eigenvalue weighted by Crippen LogP contribution is -2.39. The van der Waals surface area contributed by atoms with Crippen LogP contribution in [0, 0.1) is 17.8 Å². The van der Waals surface area contributed by atoms with E-state index in [2.05, 4.69) is 6.92 Å². The van der Waals surface area contributed by atoms with Crippen LogP contribution in [0.4, 0.5) is 5.69 Å². The van der Waals surface area contributed by atoms with Crippen LogP contribution in [0.5, 0.6) is 5.75 Å². The van der Waals surface area contributed by atoms with Crippen molar-refractivity contribution in [2.45, 2.75) is 39.0 Å². The Bertz CT molecular complexity index is 1510. The van der Waals surface area contributed by atoms with Crippen LogP contribution in [0.3, 0.4) is 0 Å². The van der Waals surface area contributed by atoms with Gasteiger partial charge in [0.15, 0.2) is 11.6 Å². The quantitative estimate of drug-likeness (QED) is 0.336. The Hall–Kier alpha value is -4.10. The Morgan fingerprint density at radius 1 is 0.950 bits per heavy atom. The number of carbonyl (C=O) groups excluding carboxylic acids is 4. The maximum Gasteiger partial charge on any atom is 0.238 e. The van der Waals surface area contributed by atoms with E-state index in [1.807, 2.05) is 42.5 Å². The summed E-state index contributed by atoms with van der Waals surface area (Å²) in [5.74, 6) is -2.20. The number of anilines is 1. The molecule has 0 radical (unpaired) electrons. The smallest absolute Gasteiger partial charge is 0.238 e. The van der Waals surface area contributed by atoms with E-state index in [1.165, 1.54) is 11.0 Å². The molecule has 0 bridgehead atoms. The van der Waals surface area contributed by atoms with Crippen molar-refractivity contribution in [3.05, 3.63) is 94.1 Å². The van der Waals surface area contributed by atoms with Crippen molar-refractivity contribution in [1.82, 2.24) is 0 Å². The van der Waals surface area contributed by atoms with Gasteiger partial charge < -0.3 is 9.84 Å². The molecule has 1 fully saturated rings. The number of imide groups is 1. The van der Waals surface area contributed by atoms with Crippen LogP contribution in [-0.2, 0) is 25.6 Å². The molecule has 7 heteroatoms. The average Bonchev–Trinajstić information content (AvgIpc) is 3.23. The molecular weight excluding hydrogens is 506 g/mol. The molecule has 7 nitrogen and oxygen atoms in total. The maximum atomic E-state index is 14.0. The Morgan fingerprint density at radius 2 is 1.68 bits per heavy atom. The fraction of sp³-hybridized carbons (Fsp3) is 0.333. The number of amides is 2. The van der Waals surface area contributed by atoms with Crippen LogP contribution in [0.15, 0.2) is 83.0 Å². The molecule has 0 spiro atoms. The molecule has 1 aliphatic heterocycles. The number of aryl methyl sites for hydroxylation is 1. The van der Waals surface area contributed by atoms with Gasteiger partial charge in [0, 0.05) is 22.6 Å². The van der Waals surface area contributed by atoms with Crippen molar-refractivity contribution in [2.75, 3.05) is 18.1 Å².